The highest BCUT2D eigenvalue weighted by Gasteiger charge is 2.29. The molecule has 0 radical (unpaired) electrons. The third-order valence-electron chi connectivity index (χ3n) is 1.36. The van der Waals surface area contributed by atoms with Crippen LogP contribution in [-0.4, -0.2) is 22.9 Å². The summed E-state index contributed by atoms with van der Waals surface area (Å²) in [4.78, 5) is 0. The van der Waals surface area contributed by atoms with Crippen LogP contribution in [0.25, 0.3) is 0 Å². The first-order chi connectivity index (χ1) is 7.10. The van der Waals surface area contributed by atoms with Crippen molar-refractivity contribution in [2.75, 3.05) is 19.0 Å². The largest absolute Gasteiger partial charge is 0.378 e. The molecule has 0 fully saturated rings. The Labute approximate surface area is 101 Å². The van der Waals surface area contributed by atoms with Crippen molar-refractivity contribution in [2.24, 2.45) is 0 Å². The van der Waals surface area contributed by atoms with E-state index < -0.39 is 7.60 Å². The van der Waals surface area contributed by atoms with Crippen molar-refractivity contribution in [2.45, 2.75) is 20.8 Å². The second-order valence-electron chi connectivity index (χ2n) is 2.48. The van der Waals surface area contributed by atoms with E-state index in [0.29, 0.717) is 22.9 Å². The van der Waals surface area contributed by atoms with Crippen LogP contribution >= 0.6 is 31.6 Å². The lowest BCUT2D eigenvalue weighted by Crippen LogP contribution is -2.02. The number of thioether (sulfide) groups is 1. The van der Waals surface area contributed by atoms with Gasteiger partial charge < -0.3 is 9.05 Å². The Morgan fingerprint density at radius 2 is 1.93 bits per heavy atom. The predicted molar refractivity (Wildman–Crippen MR) is 70.7 cm³/mol. The maximum Gasteiger partial charge on any atom is 0.378 e. The molecule has 0 amide bonds. The molecule has 0 aromatic heterocycles. The van der Waals surface area contributed by atoms with Crippen molar-refractivity contribution in [3.05, 3.63) is 12.2 Å². The number of rotatable bonds is 7. The molecule has 0 heterocycles. The summed E-state index contributed by atoms with van der Waals surface area (Å²) in [5, 5.41) is 0. The van der Waals surface area contributed by atoms with Gasteiger partial charge >= 0.3 is 7.60 Å². The Morgan fingerprint density at radius 1 is 1.40 bits per heavy atom. The van der Waals surface area contributed by atoms with E-state index >= 15 is 0 Å². The SMILES string of the molecule is C/C=C/CSC(=S)P(=O)(OCC)OCC. The lowest BCUT2D eigenvalue weighted by Gasteiger charge is -2.16. The summed E-state index contributed by atoms with van der Waals surface area (Å²) in [6, 6.07) is 0. The smallest absolute Gasteiger partial charge is 0.305 e. The van der Waals surface area contributed by atoms with Gasteiger partial charge in [0.25, 0.3) is 0 Å². The molecule has 6 heteroatoms. The molecule has 0 N–H and O–H groups in total. The Hall–Kier alpha value is 0.330. The van der Waals surface area contributed by atoms with E-state index in [1.54, 1.807) is 13.8 Å². The van der Waals surface area contributed by atoms with Gasteiger partial charge in [0.1, 0.15) is 0 Å². The van der Waals surface area contributed by atoms with Crippen molar-refractivity contribution < 1.29 is 13.6 Å². The summed E-state index contributed by atoms with van der Waals surface area (Å²) < 4.78 is 22.6. The summed E-state index contributed by atoms with van der Waals surface area (Å²) in [6.45, 7) is 6.13. The number of allylic oxidation sites excluding steroid dienone is 1. The van der Waals surface area contributed by atoms with Crippen LogP contribution in [0.15, 0.2) is 12.2 Å². The number of hydrogen-bond donors (Lipinski definition) is 0. The zero-order valence-electron chi connectivity index (χ0n) is 9.26. The van der Waals surface area contributed by atoms with Crippen LogP contribution in [0, 0.1) is 0 Å². The molecule has 0 saturated heterocycles. The Balaban J connectivity index is 4.34. The zero-order valence-corrected chi connectivity index (χ0v) is 11.8. The summed E-state index contributed by atoms with van der Waals surface area (Å²) in [5.74, 6) is 0.694. The normalized spacial score (nSPS) is 12.2. The molecule has 3 nitrogen and oxygen atoms in total. The van der Waals surface area contributed by atoms with Crippen LogP contribution in [0.5, 0.6) is 0 Å². The fourth-order valence-electron chi connectivity index (χ4n) is 0.777. The molecule has 15 heavy (non-hydrogen) atoms. The molecule has 0 aromatic carbocycles. The quantitative estimate of drug-likeness (QED) is 0.398. The molecule has 0 rings (SSSR count). The topological polar surface area (TPSA) is 35.5 Å². The molecule has 0 aliphatic carbocycles. The van der Waals surface area contributed by atoms with E-state index in [0.717, 1.165) is 0 Å². The van der Waals surface area contributed by atoms with Gasteiger partial charge in [-0.2, -0.15) is 0 Å². The van der Waals surface area contributed by atoms with Crippen LogP contribution in [0.3, 0.4) is 0 Å². The first kappa shape index (κ1) is 15.3. The average molecular weight is 268 g/mol. The van der Waals surface area contributed by atoms with Crippen molar-refractivity contribution >= 4 is 35.5 Å². The Morgan fingerprint density at radius 3 is 2.33 bits per heavy atom. The van der Waals surface area contributed by atoms with Crippen molar-refractivity contribution in [3.8, 4) is 0 Å². The number of hydrogen-bond acceptors (Lipinski definition) is 5. The lowest BCUT2D eigenvalue weighted by molar-refractivity contribution is 0.233. The van der Waals surface area contributed by atoms with Crippen molar-refractivity contribution in [1.82, 2.24) is 0 Å². The maximum absolute atomic E-state index is 12.1. The number of thiocarbonyl (C=S) groups is 1. The molecule has 0 bridgehead atoms. The van der Waals surface area contributed by atoms with E-state index in [1.165, 1.54) is 11.8 Å². The molecule has 0 aliphatic heterocycles. The Kier molecular flexibility index (Phi) is 8.66. The van der Waals surface area contributed by atoms with Crippen molar-refractivity contribution in [3.63, 3.8) is 0 Å². The van der Waals surface area contributed by atoms with E-state index in [-0.39, 0.29) is 0 Å². The van der Waals surface area contributed by atoms with Gasteiger partial charge in [-0.1, -0.05) is 24.4 Å². The monoisotopic (exact) mass is 268 g/mol. The van der Waals surface area contributed by atoms with Gasteiger partial charge in [-0.3, -0.25) is 4.57 Å². The van der Waals surface area contributed by atoms with Gasteiger partial charge in [-0.15, -0.1) is 11.8 Å². The highest BCUT2D eigenvalue weighted by atomic mass is 32.2. The second-order valence-corrected chi connectivity index (χ2v) is 6.74. The molecular formula is C9H17O3PS2. The molecule has 0 unspecified atom stereocenters. The van der Waals surface area contributed by atoms with Gasteiger partial charge in [-0.05, 0) is 20.8 Å². The highest BCUT2D eigenvalue weighted by molar-refractivity contribution is 8.35. The van der Waals surface area contributed by atoms with Gasteiger partial charge in [0.2, 0.25) is 0 Å². The average Bonchev–Trinajstić information content (AvgIpc) is 2.18. The second kappa shape index (κ2) is 8.48. The molecule has 0 spiro atoms. The lowest BCUT2D eigenvalue weighted by atomic mass is 10.6. The van der Waals surface area contributed by atoms with E-state index in [9.17, 15) is 4.57 Å². The molecule has 88 valence electrons. The minimum Gasteiger partial charge on any atom is -0.305 e. The van der Waals surface area contributed by atoms with Crippen LogP contribution in [0.2, 0.25) is 0 Å². The Bertz CT molecular complexity index is 256. The maximum atomic E-state index is 12.1. The third-order valence-corrected chi connectivity index (χ3v) is 5.69. The molecule has 0 saturated carbocycles. The standard InChI is InChI=1S/C9H17O3PS2/c1-4-7-8-15-9(14)13(10,11-5-2)12-6-3/h4,7H,5-6,8H2,1-3H3/b7-4+. The summed E-state index contributed by atoms with van der Waals surface area (Å²) in [7, 11) is -3.19. The van der Waals surface area contributed by atoms with Crippen LogP contribution in [0.4, 0.5) is 0 Å². The van der Waals surface area contributed by atoms with Crippen LogP contribution in [0.1, 0.15) is 20.8 Å². The predicted octanol–water partition coefficient (Wildman–Crippen LogP) is 3.85. The van der Waals surface area contributed by atoms with Gasteiger partial charge in [0, 0.05) is 5.75 Å². The van der Waals surface area contributed by atoms with E-state index in [2.05, 4.69) is 0 Å². The fraction of sp³-hybridized carbons (Fsp3) is 0.667. The minimum atomic E-state index is -3.19. The molecule has 0 aliphatic rings. The zero-order chi connectivity index (χ0) is 11.7. The van der Waals surface area contributed by atoms with Gasteiger partial charge in [0.05, 0.1) is 13.2 Å². The van der Waals surface area contributed by atoms with Crippen LogP contribution < -0.4 is 0 Å². The molecule has 0 atom stereocenters. The summed E-state index contributed by atoms with van der Waals surface area (Å²) in [5.41, 5.74) is 0. The first-order valence-corrected chi connectivity index (χ1v) is 7.72. The van der Waals surface area contributed by atoms with Crippen molar-refractivity contribution in [1.29, 1.82) is 0 Å². The summed E-state index contributed by atoms with van der Waals surface area (Å²) >= 11 is 6.37. The summed E-state index contributed by atoms with van der Waals surface area (Å²) in [6.07, 6.45) is 3.86. The first-order valence-electron chi connectivity index (χ1n) is 4.78. The highest BCUT2D eigenvalue weighted by Crippen LogP contribution is 2.53. The minimum absolute atomic E-state index is 0.310. The van der Waals surface area contributed by atoms with Crippen LogP contribution in [-0.2, 0) is 13.6 Å². The van der Waals surface area contributed by atoms with Gasteiger partial charge in [-0.25, -0.2) is 0 Å². The fourth-order valence-corrected chi connectivity index (χ4v) is 3.87. The molecule has 0 aromatic rings. The van der Waals surface area contributed by atoms with E-state index in [1.807, 2.05) is 19.1 Å². The molecular weight excluding hydrogens is 251 g/mol. The van der Waals surface area contributed by atoms with E-state index in [4.69, 9.17) is 21.3 Å². The van der Waals surface area contributed by atoms with Gasteiger partial charge in [0.15, 0.2) is 3.94 Å². The third kappa shape index (κ3) is 5.83.